The fraction of sp³-hybridized carbons (Fsp3) is 0.600. The molecule has 1 aromatic carbocycles. The SMILES string of the molecule is CC.CC(C)(C)OC(=O)N1CCN2c3cc4c(cc3NCC2C1)C(=O)OC4. The van der Waals surface area contributed by atoms with E-state index in [9.17, 15) is 9.59 Å². The predicted octanol–water partition coefficient (Wildman–Crippen LogP) is 3.23. The minimum absolute atomic E-state index is 0.185. The summed E-state index contributed by atoms with van der Waals surface area (Å²) in [5, 5.41) is 3.39. The van der Waals surface area contributed by atoms with Crippen molar-refractivity contribution >= 4 is 23.4 Å². The number of amides is 1. The van der Waals surface area contributed by atoms with Gasteiger partial charge in [-0.2, -0.15) is 0 Å². The highest BCUT2D eigenvalue weighted by atomic mass is 16.6. The molecule has 0 aliphatic carbocycles. The Hall–Kier alpha value is -2.44. The summed E-state index contributed by atoms with van der Waals surface area (Å²) in [6.45, 7) is 12.7. The maximum absolute atomic E-state index is 12.3. The molecule has 3 aliphatic rings. The quantitative estimate of drug-likeness (QED) is 0.702. The molecule has 0 bridgehead atoms. The monoisotopic (exact) mass is 375 g/mol. The number of carbonyl (C=O) groups excluding carboxylic acids is 2. The predicted molar refractivity (Wildman–Crippen MR) is 104 cm³/mol. The van der Waals surface area contributed by atoms with Crippen LogP contribution in [-0.2, 0) is 16.1 Å². The van der Waals surface area contributed by atoms with E-state index in [1.807, 2.05) is 46.8 Å². The van der Waals surface area contributed by atoms with Crippen molar-refractivity contribution in [2.24, 2.45) is 0 Å². The zero-order chi connectivity index (χ0) is 19.8. The van der Waals surface area contributed by atoms with Crippen LogP contribution in [0.5, 0.6) is 0 Å². The van der Waals surface area contributed by atoms with Crippen LogP contribution in [0.1, 0.15) is 50.5 Å². The van der Waals surface area contributed by atoms with Gasteiger partial charge in [-0.05, 0) is 32.9 Å². The van der Waals surface area contributed by atoms with Crippen LogP contribution in [0.15, 0.2) is 12.1 Å². The molecule has 1 aromatic rings. The Morgan fingerprint density at radius 3 is 2.70 bits per heavy atom. The first-order valence-corrected chi connectivity index (χ1v) is 9.64. The number of nitrogens with one attached hydrogen (secondary N) is 1. The molecule has 1 atom stereocenters. The van der Waals surface area contributed by atoms with Crippen molar-refractivity contribution in [2.75, 3.05) is 36.4 Å². The van der Waals surface area contributed by atoms with Crippen LogP contribution >= 0.6 is 0 Å². The van der Waals surface area contributed by atoms with E-state index in [1.54, 1.807) is 4.90 Å². The van der Waals surface area contributed by atoms with Crippen molar-refractivity contribution in [3.05, 3.63) is 23.3 Å². The summed E-state index contributed by atoms with van der Waals surface area (Å²) in [5.41, 5.74) is 3.13. The first-order chi connectivity index (χ1) is 12.8. The van der Waals surface area contributed by atoms with Crippen LogP contribution in [0.4, 0.5) is 16.2 Å². The van der Waals surface area contributed by atoms with Crippen molar-refractivity contribution in [2.45, 2.75) is 52.9 Å². The number of rotatable bonds is 0. The topological polar surface area (TPSA) is 71.1 Å². The number of hydrogen-bond donors (Lipinski definition) is 1. The smallest absolute Gasteiger partial charge is 0.410 e. The second kappa shape index (κ2) is 7.29. The third-order valence-electron chi connectivity index (χ3n) is 4.77. The Bertz CT molecular complexity index is 741. The number of ether oxygens (including phenoxy) is 2. The van der Waals surface area contributed by atoms with E-state index < -0.39 is 5.60 Å². The van der Waals surface area contributed by atoms with Gasteiger partial charge in [0.25, 0.3) is 0 Å². The van der Waals surface area contributed by atoms with Gasteiger partial charge in [-0.25, -0.2) is 9.59 Å². The van der Waals surface area contributed by atoms with Gasteiger partial charge in [0.15, 0.2) is 0 Å². The minimum Gasteiger partial charge on any atom is -0.457 e. The van der Waals surface area contributed by atoms with Gasteiger partial charge in [-0.3, -0.25) is 0 Å². The van der Waals surface area contributed by atoms with Crippen LogP contribution in [0.2, 0.25) is 0 Å². The highest BCUT2D eigenvalue weighted by Gasteiger charge is 2.36. The molecule has 3 aliphatic heterocycles. The molecule has 1 unspecified atom stereocenters. The van der Waals surface area contributed by atoms with E-state index in [0.29, 0.717) is 25.3 Å². The van der Waals surface area contributed by atoms with Crippen molar-refractivity contribution in [3.8, 4) is 0 Å². The van der Waals surface area contributed by atoms with Gasteiger partial charge in [0.2, 0.25) is 0 Å². The number of benzene rings is 1. The first-order valence-electron chi connectivity index (χ1n) is 9.64. The molecule has 1 N–H and O–H groups in total. The summed E-state index contributed by atoms with van der Waals surface area (Å²) in [5.74, 6) is -0.253. The number of nitrogens with zero attached hydrogens (tertiary/aromatic N) is 2. The normalized spacial score (nSPS) is 20.3. The van der Waals surface area contributed by atoms with Crippen LogP contribution in [0.3, 0.4) is 0 Å². The molecule has 7 nitrogen and oxygen atoms in total. The Balaban J connectivity index is 0.00000102. The number of carbonyl (C=O) groups is 2. The average Bonchev–Trinajstić information content (AvgIpc) is 3.00. The van der Waals surface area contributed by atoms with E-state index in [4.69, 9.17) is 9.47 Å². The van der Waals surface area contributed by atoms with Crippen molar-refractivity contribution in [1.29, 1.82) is 0 Å². The van der Waals surface area contributed by atoms with Gasteiger partial charge in [0.05, 0.1) is 23.0 Å². The van der Waals surface area contributed by atoms with E-state index in [0.717, 1.165) is 30.0 Å². The summed E-state index contributed by atoms with van der Waals surface area (Å²) in [6, 6.07) is 4.11. The van der Waals surface area contributed by atoms with Crippen molar-refractivity contribution < 1.29 is 19.1 Å². The lowest BCUT2D eigenvalue weighted by Gasteiger charge is -2.46. The molecule has 4 rings (SSSR count). The fourth-order valence-electron chi connectivity index (χ4n) is 3.61. The molecule has 1 saturated heterocycles. The van der Waals surface area contributed by atoms with E-state index >= 15 is 0 Å². The lowest BCUT2D eigenvalue weighted by Crippen LogP contribution is -2.59. The molecule has 1 amide bonds. The number of esters is 1. The third-order valence-corrected chi connectivity index (χ3v) is 4.77. The summed E-state index contributed by atoms with van der Waals surface area (Å²) < 4.78 is 10.6. The zero-order valence-electron chi connectivity index (χ0n) is 16.8. The van der Waals surface area contributed by atoms with Crippen LogP contribution in [-0.4, -0.2) is 54.8 Å². The maximum Gasteiger partial charge on any atom is 0.410 e. The number of piperazine rings is 1. The standard InChI is InChI=1S/C18H23N3O4.C2H6/c1-18(2,3)25-17(23)20-4-5-21-12(9-20)8-19-14-7-13-11(6-15(14)21)10-24-16(13)22;1-2/h6-7,12,19H,4-5,8-10H2,1-3H3;1-2H3. The van der Waals surface area contributed by atoms with Gasteiger partial charge in [0, 0.05) is 31.7 Å². The molecule has 1 fully saturated rings. The molecule has 0 aromatic heterocycles. The molecule has 0 radical (unpaired) electrons. The highest BCUT2D eigenvalue weighted by Crippen LogP contribution is 2.37. The molecule has 148 valence electrons. The summed E-state index contributed by atoms with van der Waals surface area (Å²) in [7, 11) is 0. The Morgan fingerprint density at radius 1 is 1.26 bits per heavy atom. The van der Waals surface area contributed by atoms with Crippen LogP contribution in [0, 0.1) is 0 Å². The number of cyclic esters (lactones) is 1. The second-order valence-corrected chi connectivity index (χ2v) is 7.76. The number of fused-ring (bicyclic) bond motifs is 4. The Kier molecular flexibility index (Phi) is 5.22. The van der Waals surface area contributed by atoms with Gasteiger partial charge >= 0.3 is 12.1 Å². The van der Waals surface area contributed by atoms with Gasteiger partial charge < -0.3 is 24.6 Å². The van der Waals surface area contributed by atoms with Crippen LogP contribution < -0.4 is 10.2 Å². The second-order valence-electron chi connectivity index (χ2n) is 7.76. The van der Waals surface area contributed by atoms with Gasteiger partial charge in [-0.1, -0.05) is 13.8 Å². The molecular formula is C20H29N3O4. The first kappa shape index (κ1) is 19.3. The molecule has 3 heterocycles. The third kappa shape index (κ3) is 3.82. The molecule has 0 saturated carbocycles. The summed E-state index contributed by atoms with van der Waals surface area (Å²) in [6.07, 6.45) is -0.258. The average molecular weight is 375 g/mol. The summed E-state index contributed by atoms with van der Waals surface area (Å²) >= 11 is 0. The van der Waals surface area contributed by atoms with Crippen molar-refractivity contribution in [3.63, 3.8) is 0 Å². The molecule has 27 heavy (non-hydrogen) atoms. The Morgan fingerprint density at radius 2 is 2.00 bits per heavy atom. The van der Waals surface area contributed by atoms with E-state index in [1.165, 1.54) is 0 Å². The molecule has 7 heteroatoms. The van der Waals surface area contributed by atoms with Crippen LogP contribution in [0.25, 0.3) is 0 Å². The van der Waals surface area contributed by atoms with Crippen molar-refractivity contribution in [1.82, 2.24) is 4.90 Å². The van der Waals surface area contributed by atoms with E-state index in [-0.39, 0.29) is 18.1 Å². The van der Waals surface area contributed by atoms with Gasteiger partial charge in [0.1, 0.15) is 12.2 Å². The van der Waals surface area contributed by atoms with Gasteiger partial charge in [-0.15, -0.1) is 0 Å². The highest BCUT2D eigenvalue weighted by molar-refractivity contribution is 5.96. The fourth-order valence-corrected chi connectivity index (χ4v) is 3.61. The number of anilines is 2. The molecular weight excluding hydrogens is 346 g/mol. The number of hydrogen-bond acceptors (Lipinski definition) is 6. The summed E-state index contributed by atoms with van der Waals surface area (Å²) in [4.78, 5) is 28.2. The largest absolute Gasteiger partial charge is 0.457 e. The zero-order valence-corrected chi connectivity index (χ0v) is 16.8. The lowest BCUT2D eigenvalue weighted by molar-refractivity contribution is 0.0216. The minimum atomic E-state index is -0.487. The Labute approximate surface area is 160 Å². The van der Waals surface area contributed by atoms with E-state index in [2.05, 4.69) is 10.2 Å². The maximum atomic E-state index is 12.3. The molecule has 0 spiro atoms. The lowest BCUT2D eigenvalue weighted by atomic mass is 10.0.